The molecule has 6 heteroatoms. The van der Waals surface area contributed by atoms with Gasteiger partial charge in [0, 0.05) is 44.0 Å². The van der Waals surface area contributed by atoms with Crippen LogP contribution in [0.4, 0.5) is 0 Å². The summed E-state index contributed by atoms with van der Waals surface area (Å²) >= 11 is 0. The number of rotatable bonds is 3. The summed E-state index contributed by atoms with van der Waals surface area (Å²) in [5.74, 6) is 2.13. The van der Waals surface area contributed by atoms with Crippen molar-refractivity contribution in [1.29, 1.82) is 0 Å². The van der Waals surface area contributed by atoms with Gasteiger partial charge in [0.25, 0.3) is 0 Å². The van der Waals surface area contributed by atoms with Crippen molar-refractivity contribution in [3.8, 4) is 17.2 Å². The van der Waals surface area contributed by atoms with Crippen LogP contribution >= 0.6 is 0 Å². The van der Waals surface area contributed by atoms with Crippen LogP contribution < -0.4 is 14.2 Å². The molecule has 1 saturated carbocycles. The molecule has 1 aromatic rings. The molecule has 3 aliphatic rings. The van der Waals surface area contributed by atoms with E-state index in [1.54, 1.807) is 19.2 Å². The number of Topliss-reactive ketones (excluding diaryl/α,β-unsaturated/α-hetero) is 1. The molecule has 1 spiro atoms. The zero-order valence-corrected chi connectivity index (χ0v) is 14.7. The first kappa shape index (κ1) is 16.2. The fraction of sp³-hybridized carbons (Fsp3) is 0.579. The van der Waals surface area contributed by atoms with Crippen molar-refractivity contribution in [2.75, 3.05) is 27.3 Å². The van der Waals surface area contributed by atoms with Crippen molar-refractivity contribution in [2.45, 2.75) is 37.7 Å². The van der Waals surface area contributed by atoms with Gasteiger partial charge in [-0.25, -0.2) is 0 Å². The Kier molecular flexibility index (Phi) is 3.85. The lowest BCUT2D eigenvalue weighted by Gasteiger charge is -2.44. The van der Waals surface area contributed by atoms with E-state index in [1.807, 2.05) is 4.90 Å². The summed E-state index contributed by atoms with van der Waals surface area (Å²) in [7, 11) is 3.11. The van der Waals surface area contributed by atoms with Crippen LogP contribution in [0.25, 0.3) is 0 Å². The molecule has 1 amide bonds. The van der Waals surface area contributed by atoms with E-state index in [2.05, 4.69) is 0 Å². The lowest BCUT2D eigenvalue weighted by molar-refractivity contribution is -0.136. The highest BCUT2D eigenvalue weighted by atomic mass is 16.5. The van der Waals surface area contributed by atoms with Gasteiger partial charge >= 0.3 is 0 Å². The number of piperidine rings is 1. The summed E-state index contributed by atoms with van der Waals surface area (Å²) in [5, 5.41) is 0. The zero-order chi connectivity index (χ0) is 17.6. The minimum atomic E-state index is -0.526. The number of methoxy groups -OCH3 is 2. The van der Waals surface area contributed by atoms with Gasteiger partial charge in [-0.05, 0) is 12.8 Å². The van der Waals surface area contributed by atoms with E-state index < -0.39 is 5.60 Å². The first-order valence-corrected chi connectivity index (χ1v) is 8.82. The van der Waals surface area contributed by atoms with E-state index in [0.717, 1.165) is 12.8 Å². The largest absolute Gasteiger partial charge is 0.496 e. The molecular formula is C19H23NO5. The van der Waals surface area contributed by atoms with Crippen LogP contribution in [0.15, 0.2) is 12.1 Å². The Morgan fingerprint density at radius 1 is 1.20 bits per heavy atom. The predicted octanol–water partition coefficient (Wildman–Crippen LogP) is 2.44. The van der Waals surface area contributed by atoms with E-state index in [1.165, 1.54) is 7.11 Å². The Morgan fingerprint density at radius 2 is 1.92 bits per heavy atom. The number of hydrogen-bond donors (Lipinski definition) is 0. The van der Waals surface area contributed by atoms with E-state index in [9.17, 15) is 9.59 Å². The highest BCUT2D eigenvalue weighted by Gasteiger charge is 2.46. The number of hydrogen-bond acceptors (Lipinski definition) is 5. The summed E-state index contributed by atoms with van der Waals surface area (Å²) in [6, 6.07) is 3.45. The molecule has 0 aromatic heterocycles. The van der Waals surface area contributed by atoms with E-state index in [0.29, 0.717) is 55.2 Å². The van der Waals surface area contributed by atoms with Crippen molar-refractivity contribution >= 4 is 11.7 Å². The number of nitrogens with zero attached hydrogens (tertiary/aromatic N) is 1. The number of fused-ring (bicyclic) bond motifs is 1. The summed E-state index contributed by atoms with van der Waals surface area (Å²) < 4.78 is 16.9. The lowest BCUT2D eigenvalue weighted by atomic mass is 9.82. The maximum atomic E-state index is 12.8. The third kappa shape index (κ3) is 2.83. The molecule has 25 heavy (non-hydrogen) atoms. The Bertz CT molecular complexity index is 717. The van der Waals surface area contributed by atoms with Gasteiger partial charge in [0.1, 0.15) is 28.4 Å². The second-order valence-electron chi connectivity index (χ2n) is 7.19. The second-order valence-corrected chi connectivity index (χ2v) is 7.19. The number of carbonyl (C=O) groups is 2. The molecular weight excluding hydrogens is 322 g/mol. The number of carbonyl (C=O) groups excluding carboxylic acids is 2. The SMILES string of the molecule is COc1cc(OC)c2c(c1)OC1(CCN(C(=O)C3CC3)CC1)CC2=O. The van der Waals surface area contributed by atoms with Crippen molar-refractivity contribution in [1.82, 2.24) is 4.90 Å². The van der Waals surface area contributed by atoms with Gasteiger partial charge in [-0.15, -0.1) is 0 Å². The molecule has 1 saturated heterocycles. The number of amides is 1. The molecule has 4 rings (SSSR count). The molecule has 0 bridgehead atoms. The third-order valence-corrected chi connectivity index (χ3v) is 5.50. The van der Waals surface area contributed by atoms with Crippen LogP contribution in [-0.4, -0.2) is 49.5 Å². The third-order valence-electron chi connectivity index (χ3n) is 5.50. The van der Waals surface area contributed by atoms with Gasteiger partial charge in [-0.1, -0.05) is 0 Å². The average Bonchev–Trinajstić information content (AvgIpc) is 3.45. The van der Waals surface area contributed by atoms with Crippen LogP contribution in [0.5, 0.6) is 17.2 Å². The Labute approximate surface area is 147 Å². The van der Waals surface area contributed by atoms with Crippen LogP contribution in [0.1, 0.15) is 42.5 Å². The Morgan fingerprint density at radius 3 is 2.52 bits per heavy atom. The number of benzene rings is 1. The molecule has 0 radical (unpaired) electrons. The van der Waals surface area contributed by atoms with Crippen molar-refractivity contribution in [2.24, 2.45) is 5.92 Å². The van der Waals surface area contributed by atoms with Crippen molar-refractivity contribution in [3.05, 3.63) is 17.7 Å². The molecule has 1 aliphatic carbocycles. The number of ether oxygens (including phenoxy) is 3. The maximum absolute atomic E-state index is 12.8. The summed E-state index contributed by atoms with van der Waals surface area (Å²) in [6.45, 7) is 1.30. The smallest absolute Gasteiger partial charge is 0.225 e. The van der Waals surface area contributed by atoms with Crippen LogP contribution in [0.2, 0.25) is 0 Å². The molecule has 2 heterocycles. The van der Waals surface area contributed by atoms with Gasteiger partial charge in [-0.2, -0.15) is 0 Å². The molecule has 2 fully saturated rings. The van der Waals surface area contributed by atoms with Gasteiger partial charge in [0.05, 0.1) is 20.6 Å². The molecule has 2 aliphatic heterocycles. The topological polar surface area (TPSA) is 65.1 Å². The Hall–Kier alpha value is -2.24. The molecule has 0 unspecified atom stereocenters. The first-order valence-electron chi connectivity index (χ1n) is 8.82. The van der Waals surface area contributed by atoms with E-state index in [-0.39, 0.29) is 17.6 Å². The van der Waals surface area contributed by atoms with Crippen LogP contribution in [-0.2, 0) is 4.79 Å². The fourth-order valence-electron chi connectivity index (χ4n) is 3.85. The lowest BCUT2D eigenvalue weighted by Crippen LogP contribution is -2.52. The van der Waals surface area contributed by atoms with Crippen molar-refractivity contribution < 1.29 is 23.8 Å². The van der Waals surface area contributed by atoms with Crippen molar-refractivity contribution in [3.63, 3.8) is 0 Å². The standard InChI is InChI=1S/C19H23NO5/c1-23-13-9-15(24-2)17-14(21)11-19(25-16(17)10-13)5-7-20(8-6-19)18(22)12-3-4-12/h9-10,12H,3-8,11H2,1-2H3. The van der Waals surface area contributed by atoms with Gasteiger partial charge < -0.3 is 19.1 Å². The summed E-state index contributed by atoms with van der Waals surface area (Å²) in [5.41, 5.74) is -0.0349. The monoisotopic (exact) mass is 345 g/mol. The zero-order valence-electron chi connectivity index (χ0n) is 14.7. The fourth-order valence-corrected chi connectivity index (χ4v) is 3.85. The summed E-state index contributed by atoms with van der Waals surface area (Å²) in [6.07, 6.45) is 3.71. The molecule has 1 aromatic carbocycles. The molecule has 0 atom stereocenters. The Balaban J connectivity index is 1.57. The quantitative estimate of drug-likeness (QED) is 0.842. The molecule has 134 valence electrons. The second kappa shape index (κ2) is 5.93. The minimum absolute atomic E-state index is 0.0303. The van der Waals surface area contributed by atoms with Crippen LogP contribution in [0, 0.1) is 5.92 Å². The highest BCUT2D eigenvalue weighted by Crippen LogP contribution is 2.45. The number of likely N-dealkylation sites (tertiary alicyclic amines) is 1. The van der Waals surface area contributed by atoms with E-state index in [4.69, 9.17) is 14.2 Å². The van der Waals surface area contributed by atoms with E-state index >= 15 is 0 Å². The molecule has 6 nitrogen and oxygen atoms in total. The van der Waals surface area contributed by atoms with Gasteiger partial charge in [0.15, 0.2) is 5.78 Å². The number of ketones is 1. The maximum Gasteiger partial charge on any atom is 0.225 e. The normalized spacial score (nSPS) is 21.5. The van der Waals surface area contributed by atoms with Crippen LogP contribution in [0.3, 0.4) is 0 Å². The molecule has 0 N–H and O–H groups in total. The highest BCUT2D eigenvalue weighted by molar-refractivity contribution is 6.03. The average molecular weight is 345 g/mol. The van der Waals surface area contributed by atoms with Gasteiger partial charge in [-0.3, -0.25) is 9.59 Å². The predicted molar refractivity (Wildman–Crippen MR) is 90.4 cm³/mol. The first-order chi connectivity index (χ1) is 12.0. The minimum Gasteiger partial charge on any atom is -0.496 e. The van der Waals surface area contributed by atoms with Gasteiger partial charge in [0.2, 0.25) is 5.91 Å². The summed E-state index contributed by atoms with van der Waals surface area (Å²) in [4.78, 5) is 27.0.